The van der Waals surface area contributed by atoms with Crippen LogP contribution in [0.2, 0.25) is 0 Å². The number of nitrogen functional groups attached to an aromatic ring is 1. The van der Waals surface area contributed by atoms with Gasteiger partial charge < -0.3 is 11.1 Å². The molecule has 0 aliphatic heterocycles. The summed E-state index contributed by atoms with van der Waals surface area (Å²) in [6.45, 7) is 3.53. The summed E-state index contributed by atoms with van der Waals surface area (Å²) in [4.78, 5) is 11.5. The molecule has 0 aliphatic carbocycles. The average Bonchev–Trinajstić information content (AvgIpc) is 2.18. The van der Waals surface area contributed by atoms with Gasteiger partial charge in [0.25, 0.3) is 5.91 Å². The SMILES string of the molecule is C=C(Cl)CNC(=O)c1cc(F)ccc1N. The molecule has 0 bridgehead atoms. The van der Waals surface area contributed by atoms with Crippen LogP contribution in [-0.4, -0.2) is 12.5 Å². The standard InChI is InChI=1S/C10H10ClFN2O/c1-6(11)5-14-10(15)8-4-7(12)2-3-9(8)13/h2-4H,1,5,13H2,(H,14,15). The summed E-state index contributed by atoms with van der Waals surface area (Å²) in [5.74, 6) is -0.993. The zero-order valence-electron chi connectivity index (χ0n) is 7.89. The molecule has 1 rings (SSSR count). The van der Waals surface area contributed by atoms with E-state index in [-0.39, 0.29) is 17.8 Å². The van der Waals surface area contributed by atoms with Crippen LogP contribution in [0.25, 0.3) is 0 Å². The van der Waals surface area contributed by atoms with Crippen molar-refractivity contribution in [2.45, 2.75) is 0 Å². The maximum absolute atomic E-state index is 12.8. The van der Waals surface area contributed by atoms with Crippen LogP contribution in [0.1, 0.15) is 10.4 Å². The molecule has 0 atom stereocenters. The van der Waals surface area contributed by atoms with Gasteiger partial charge >= 0.3 is 0 Å². The van der Waals surface area contributed by atoms with Crippen molar-refractivity contribution in [2.24, 2.45) is 0 Å². The number of hydrogen-bond donors (Lipinski definition) is 2. The molecular weight excluding hydrogens is 219 g/mol. The molecule has 0 spiro atoms. The molecule has 1 aromatic carbocycles. The van der Waals surface area contributed by atoms with Gasteiger partial charge in [-0.15, -0.1) is 0 Å². The minimum absolute atomic E-state index is 0.0907. The lowest BCUT2D eigenvalue weighted by Gasteiger charge is -2.06. The van der Waals surface area contributed by atoms with Crippen molar-refractivity contribution in [3.63, 3.8) is 0 Å². The molecule has 15 heavy (non-hydrogen) atoms. The van der Waals surface area contributed by atoms with Gasteiger partial charge in [-0.3, -0.25) is 4.79 Å². The number of amides is 1. The number of nitrogens with two attached hydrogens (primary N) is 1. The molecule has 0 saturated carbocycles. The highest BCUT2D eigenvalue weighted by atomic mass is 35.5. The van der Waals surface area contributed by atoms with E-state index in [1.54, 1.807) is 0 Å². The van der Waals surface area contributed by atoms with Gasteiger partial charge in [0.15, 0.2) is 0 Å². The number of carbonyl (C=O) groups excluding carboxylic acids is 1. The Morgan fingerprint density at radius 1 is 1.60 bits per heavy atom. The van der Waals surface area contributed by atoms with E-state index in [0.29, 0.717) is 5.03 Å². The van der Waals surface area contributed by atoms with Gasteiger partial charge in [-0.2, -0.15) is 0 Å². The molecule has 0 radical (unpaired) electrons. The highest BCUT2D eigenvalue weighted by Gasteiger charge is 2.10. The van der Waals surface area contributed by atoms with Gasteiger partial charge in [0.05, 0.1) is 12.1 Å². The Morgan fingerprint density at radius 2 is 2.27 bits per heavy atom. The normalized spacial score (nSPS) is 9.73. The van der Waals surface area contributed by atoms with Crippen molar-refractivity contribution in [3.8, 4) is 0 Å². The highest BCUT2D eigenvalue weighted by Crippen LogP contribution is 2.13. The number of rotatable bonds is 3. The van der Waals surface area contributed by atoms with E-state index in [1.807, 2.05) is 0 Å². The van der Waals surface area contributed by atoms with E-state index >= 15 is 0 Å². The summed E-state index contributed by atoms with van der Waals surface area (Å²) in [7, 11) is 0. The Labute approximate surface area is 91.7 Å². The first-order valence-electron chi connectivity index (χ1n) is 4.17. The summed E-state index contributed by atoms with van der Waals surface area (Å²) in [6.07, 6.45) is 0. The van der Waals surface area contributed by atoms with E-state index in [4.69, 9.17) is 17.3 Å². The summed E-state index contributed by atoms with van der Waals surface area (Å²) in [6, 6.07) is 3.59. The fourth-order valence-electron chi connectivity index (χ4n) is 0.997. The molecule has 80 valence electrons. The van der Waals surface area contributed by atoms with E-state index < -0.39 is 11.7 Å². The molecule has 3 nitrogen and oxygen atoms in total. The van der Waals surface area contributed by atoms with Gasteiger partial charge in [0, 0.05) is 10.7 Å². The minimum Gasteiger partial charge on any atom is -0.398 e. The molecule has 0 saturated heterocycles. The molecule has 0 heterocycles. The Bertz CT molecular complexity index is 406. The number of nitrogens with one attached hydrogen (secondary N) is 1. The predicted molar refractivity (Wildman–Crippen MR) is 58.1 cm³/mol. The van der Waals surface area contributed by atoms with Crippen molar-refractivity contribution in [2.75, 3.05) is 12.3 Å². The second-order valence-electron chi connectivity index (χ2n) is 2.93. The molecule has 0 unspecified atom stereocenters. The highest BCUT2D eigenvalue weighted by molar-refractivity contribution is 6.29. The zero-order chi connectivity index (χ0) is 11.4. The topological polar surface area (TPSA) is 55.1 Å². The maximum atomic E-state index is 12.8. The average molecular weight is 229 g/mol. The van der Waals surface area contributed by atoms with Gasteiger partial charge in [0.1, 0.15) is 5.82 Å². The Morgan fingerprint density at radius 3 is 2.87 bits per heavy atom. The van der Waals surface area contributed by atoms with Crippen LogP contribution in [0.4, 0.5) is 10.1 Å². The lowest BCUT2D eigenvalue weighted by Crippen LogP contribution is -2.25. The summed E-state index contributed by atoms with van der Waals surface area (Å²) in [5, 5.41) is 2.74. The Hall–Kier alpha value is -1.55. The van der Waals surface area contributed by atoms with E-state index in [2.05, 4.69) is 11.9 Å². The summed E-state index contributed by atoms with van der Waals surface area (Å²) >= 11 is 5.47. The van der Waals surface area contributed by atoms with E-state index in [0.717, 1.165) is 6.07 Å². The number of carbonyl (C=O) groups is 1. The van der Waals surface area contributed by atoms with Gasteiger partial charge in [-0.25, -0.2) is 4.39 Å². The van der Waals surface area contributed by atoms with Crippen LogP contribution in [-0.2, 0) is 0 Å². The summed E-state index contributed by atoms with van der Waals surface area (Å²) < 4.78 is 12.8. The van der Waals surface area contributed by atoms with Crippen LogP contribution < -0.4 is 11.1 Å². The van der Waals surface area contributed by atoms with Crippen molar-refractivity contribution >= 4 is 23.2 Å². The van der Waals surface area contributed by atoms with Crippen LogP contribution in [0.5, 0.6) is 0 Å². The first-order valence-corrected chi connectivity index (χ1v) is 4.55. The molecular formula is C10H10ClFN2O. The third-order valence-corrected chi connectivity index (χ3v) is 1.83. The molecule has 3 N–H and O–H groups in total. The predicted octanol–water partition coefficient (Wildman–Crippen LogP) is 1.89. The van der Waals surface area contributed by atoms with Gasteiger partial charge in [-0.05, 0) is 18.2 Å². The van der Waals surface area contributed by atoms with Crippen molar-refractivity contribution in [1.29, 1.82) is 0 Å². The molecule has 1 aromatic rings. The Kier molecular flexibility index (Phi) is 3.68. The van der Waals surface area contributed by atoms with Crippen molar-refractivity contribution < 1.29 is 9.18 Å². The Balaban J connectivity index is 2.81. The van der Waals surface area contributed by atoms with Crippen molar-refractivity contribution in [1.82, 2.24) is 5.32 Å². The van der Waals surface area contributed by atoms with Gasteiger partial charge in [-0.1, -0.05) is 18.2 Å². The smallest absolute Gasteiger partial charge is 0.253 e. The van der Waals surface area contributed by atoms with Crippen LogP contribution in [0, 0.1) is 5.82 Å². The lowest BCUT2D eigenvalue weighted by molar-refractivity contribution is 0.0958. The lowest BCUT2D eigenvalue weighted by atomic mass is 10.1. The van der Waals surface area contributed by atoms with E-state index in [9.17, 15) is 9.18 Å². The first kappa shape index (κ1) is 11.5. The zero-order valence-corrected chi connectivity index (χ0v) is 8.64. The number of halogens is 2. The molecule has 1 amide bonds. The third-order valence-electron chi connectivity index (χ3n) is 1.70. The largest absolute Gasteiger partial charge is 0.398 e. The molecule has 0 aliphatic rings. The molecule has 0 fully saturated rings. The second-order valence-corrected chi connectivity index (χ2v) is 3.47. The fourth-order valence-corrected chi connectivity index (χ4v) is 1.06. The monoisotopic (exact) mass is 228 g/mol. The fraction of sp³-hybridized carbons (Fsp3) is 0.100. The number of benzene rings is 1. The number of hydrogen-bond acceptors (Lipinski definition) is 2. The minimum atomic E-state index is -0.515. The molecule has 0 aromatic heterocycles. The third kappa shape index (κ3) is 3.25. The van der Waals surface area contributed by atoms with Crippen LogP contribution in [0.15, 0.2) is 29.8 Å². The maximum Gasteiger partial charge on any atom is 0.253 e. The van der Waals surface area contributed by atoms with Crippen molar-refractivity contribution in [3.05, 3.63) is 41.2 Å². The summed E-state index contributed by atoms with van der Waals surface area (Å²) in [5.41, 5.74) is 5.82. The van der Waals surface area contributed by atoms with Crippen LogP contribution in [0.3, 0.4) is 0 Å². The quantitative estimate of drug-likeness (QED) is 0.777. The van der Waals surface area contributed by atoms with Gasteiger partial charge in [0.2, 0.25) is 0 Å². The number of anilines is 1. The van der Waals surface area contributed by atoms with E-state index in [1.165, 1.54) is 12.1 Å². The molecule has 5 heteroatoms. The second kappa shape index (κ2) is 4.79. The van der Waals surface area contributed by atoms with Crippen LogP contribution >= 0.6 is 11.6 Å². The first-order chi connectivity index (χ1) is 7.00.